The SMILES string of the molecule is COC(=O)C=Cc1ccc(Cl)c(C[N+](=O)[O-])c1. The van der Waals surface area contributed by atoms with E-state index >= 15 is 0 Å². The van der Waals surface area contributed by atoms with Gasteiger partial charge in [-0.3, -0.25) is 10.1 Å². The van der Waals surface area contributed by atoms with Gasteiger partial charge in [-0.1, -0.05) is 17.7 Å². The summed E-state index contributed by atoms with van der Waals surface area (Å²) in [6, 6.07) is 4.77. The van der Waals surface area contributed by atoms with Gasteiger partial charge in [0.05, 0.1) is 12.1 Å². The van der Waals surface area contributed by atoms with E-state index in [1.807, 2.05) is 0 Å². The number of hydrogen-bond acceptors (Lipinski definition) is 4. The van der Waals surface area contributed by atoms with Gasteiger partial charge in [0.15, 0.2) is 0 Å². The first-order chi connectivity index (χ1) is 8.02. The molecule has 90 valence electrons. The zero-order valence-electron chi connectivity index (χ0n) is 9.05. The zero-order chi connectivity index (χ0) is 12.8. The number of carbonyl (C=O) groups is 1. The van der Waals surface area contributed by atoms with Crippen LogP contribution in [-0.2, 0) is 16.1 Å². The molecule has 1 rings (SSSR count). The van der Waals surface area contributed by atoms with E-state index in [0.29, 0.717) is 16.1 Å². The van der Waals surface area contributed by atoms with Crippen molar-refractivity contribution in [2.75, 3.05) is 7.11 Å². The molecule has 0 fully saturated rings. The van der Waals surface area contributed by atoms with Crippen LogP contribution in [0.5, 0.6) is 0 Å². The fourth-order valence-electron chi connectivity index (χ4n) is 1.19. The summed E-state index contributed by atoms with van der Waals surface area (Å²) in [6.07, 6.45) is 2.74. The Labute approximate surface area is 103 Å². The van der Waals surface area contributed by atoms with E-state index in [1.54, 1.807) is 18.2 Å². The van der Waals surface area contributed by atoms with Crippen LogP contribution < -0.4 is 0 Å². The molecule has 0 heterocycles. The lowest BCUT2D eigenvalue weighted by Crippen LogP contribution is -1.99. The average Bonchev–Trinajstić information content (AvgIpc) is 2.29. The first kappa shape index (κ1) is 13.2. The van der Waals surface area contributed by atoms with E-state index in [0.717, 1.165) is 0 Å². The van der Waals surface area contributed by atoms with Crippen molar-refractivity contribution >= 4 is 23.6 Å². The molecule has 6 heteroatoms. The number of esters is 1. The molecule has 0 spiro atoms. The minimum absolute atomic E-state index is 0.330. The largest absolute Gasteiger partial charge is 0.466 e. The molecule has 0 N–H and O–H groups in total. The number of carbonyl (C=O) groups excluding carboxylic acids is 1. The molecule has 0 bridgehead atoms. The van der Waals surface area contributed by atoms with Crippen LogP contribution in [0.1, 0.15) is 11.1 Å². The number of halogens is 1. The lowest BCUT2D eigenvalue weighted by Gasteiger charge is -2.01. The molecule has 0 aliphatic carbocycles. The van der Waals surface area contributed by atoms with Gasteiger partial charge in [0.2, 0.25) is 6.54 Å². The van der Waals surface area contributed by atoms with Crippen LogP contribution in [0.2, 0.25) is 5.02 Å². The maximum atomic E-state index is 10.9. The van der Waals surface area contributed by atoms with Crippen LogP contribution in [-0.4, -0.2) is 18.0 Å². The molecule has 0 saturated heterocycles. The first-order valence-electron chi connectivity index (χ1n) is 4.69. The van der Waals surface area contributed by atoms with E-state index in [1.165, 1.54) is 19.3 Å². The maximum absolute atomic E-state index is 10.9. The molecular formula is C11H10ClNO4. The number of ether oxygens (including phenoxy) is 1. The monoisotopic (exact) mass is 255 g/mol. The van der Waals surface area contributed by atoms with Crippen molar-refractivity contribution in [3.05, 3.63) is 50.5 Å². The molecule has 1 aromatic carbocycles. The van der Waals surface area contributed by atoms with E-state index in [4.69, 9.17) is 11.6 Å². The van der Waals surface area contributed by atoms with E-state index in [2.05, 4.69) is 4.74 Å². The van der Waals surface area contributed by atoms with Gasteiger partial charge in [-0.05, 0) is 23.8 Å². The summed E-state index contributed by atoms with van der Waals surface area (Å²) >= 11 is 5.81. The second-order valence-electron chi connectivity index (χ2n) is 3.20. The number of benzene rings is 1. The van der Waals surface area contributed by atoms with Gasteiger partial charge in [-0.2, -0.15) is 0 Å². The van der Waals surface area contributed by atoms with Crippen molar-refractivity contribution in [3.63, 3.8) is 0 Å². The average molecular weight is 256 g/mol. The second kappa shape index (κ2) is 6.00. The summed E-state index contributed by atoms with van der Waals surface area (Å²) in [7, 11) is 1.27. The molecular weight excluding hydrogens is 246 g/mol. The predicted octanol–water partition coefficient (Wildman–Crippen LogP) is 2.30. The van der Waals surface area contributed by atoms with Crippen molar-refractivity contribution < 1.29 is 14.5 Å². The van der Waals surface area contributed by atoms with E-state index in [9.17, 15) is 14.9 Å². The number of methoxy groups -OCH3 is 1. The van der Waals surface area contributed by atoms with Gasteiger partial charge in [-0.25, -0.2) is 4.79 Å². The van der Waals surface area contributed by atoms with E-state index < -0.39 is 10.9 Å². The minimum Gasteiger partial charge on any atom is -0.466 e. The van der Waals surface area contributed by atoms with Crippen LogP contribution in [0.4, 0.5) is 0 Å². The zero-order valence-corrected chi connectivity index (χ0v) is 9.81. The standard InChI is InChI=1S/C11H10ClNO4/c1-17-11(14)5-3-8-2-4-10(12)9(6-8)7-13(15)16/h2-6H,7H2,1H3. The lowest BCUT2D eigenvalue weighted by atomic mass is 10.1. The fraction of sp³-hybridized carbons (Fsp3) is 0.182. The highest BCUT2D eigenvalue weighted by molar-refractivity contribution is 6.31. The molecule has 0 aliphatic rings. The van der Waals surface area contributed by atoms with Crippen molar-refractivity contribution in [1.29, 1.82) is 0 Å². The van der Waals surface area contributed by atoms with E-state index in [-0.39, 0.29) is 6.54 Å². The molecule has 0 amide bonds. The number of hydrogen-bond donors (Lipinski definition) is 0. The van der Waals surface area contributed by atoms with Crippen molar-refractivity contribution in [3.8, 4) is 0 Å². The lowest BCUT2D eigenvalue weighted by molar-refractivity contribution is -0.496. The summed E-state index contributed by atoms with van der Waals surface area (Å²) in [4.78, 5) is 20.8. The second-order valence-corrected chi connectivity index (χ2v) is 3.61. The van der Waals surface area contributed by atoms with Crippen LogP contribution in [0, 0.1) is 10.1 Å². The quantitative estimate of drug-likeness (QED) is 0.358. The Morgan fingerprint density at radius 1 is 1.59 bits per heavy atom. The molecule has 0 atom stereocenters. The molecule has 0 aromatic heterocycles. The van der Waals surface area contributed by atoms with Gasteiger partial charge in [-0.15, -0.1) is 0 Å². The molecule has 0 unspecified atom stereocenters. The Balaban J connectivity index is 2.92. The molecule has 0 aliphatic heterocycles. The molecule has 1 aromatic rings. The molecule has 17 heavy (non-hydrogen) atoms. The minimum atomic E-state index is -0.490. The number of nitro groups is 1. The Morgan fingerprint density at radius 3 is 2.88 bits per heavy atom. The van der Waals surface area contributed by atoms with Crippen molar-refractivity contribution in [1.82, 2.24) is 0 Å². The Bertz CT molecular complexity index is 471. The van der Waals surface area contributed by atoms with Crippen LogP contribution in [0.25, 0.3) is 6.08 Å². The summed E-state index contributed by atoms with van der Waals surface area (Å²) in [6.45, 7) is -0.348. The topological polar surface area (TPSA) is 69.4 Å². The Morgan fingerprint density at radius 2 is 2.29 bits per heavy atom. The maximum Gasteiger partial charge on any atom is 0.330 e. The third-order valence-electron chi connectivity index (χ3n) is 1.98. The Hall–Kier alpha value is -1.88. The van der Waals surface area contributed by atoms with Gasteiger partial charge in [0, 0.05) is 16.6 Å². The van der Waals surface area contributed by atoms with Crippen molar-refractivity contribution in [2.24, 2.45) is 0 Å². The highest BCUT2D eigenvalue weighted by atomic mass is 35.5. The summed E-state index contributed by atoms with van der Waals surface area (Å²) in [5.74, 6) is -0.490. The highest BCUT2D eigenvalue weighted by Crippen LogP contribution is 2.19. The number of nitrogens with zero attached hydrogens (tertiary/aromatic N) is 1. The fourth-order valence-corrected chi connectivity index (χ4v) is 1.37. The van der Waals surface area contributed by atoms with Crippen LogP contribution in [0.15, 0.2) is 24.3 Å². The third kappa shape index (κ3) is 4.24. The number of rotatable bonds is 4. The Kier molecular flexibility index (Phi) is 4.66. The molecule has 0 saturated carbocycles. The summed E-state index contributed by atoms with van der Waals surface area (Å²) in [5.41, 5.74) is 1.06. The van der Waals surface area contributed by atoms with Gasteiger partial charge >= 0.3 is 5.97 Å². The smallest absolute Gasteiger partial charge is 0.330 e. The van der Waals surface area contributed by atoms with Gasteiger partial charge < -0.3 is 4.74 Å². The van der Waals surface area contributed by atoms with Gasteiger partial charge in [0.25, 0.3) is 0 Å². The normalized spacial score (nSPS) is 10.5. The highest BCUT2D eigenvalue weighted by Gasteiger charge is 2.07. The third-order valence-corrected chi connectivity index (χ3v) is 2.35. The predicted molar refractivity (Wildman–Crippen MR) is 63.2 cm³/mol. The summed E-state index contributed by atoms with van der Waals surface area (Å²) < 4.78 is 4.43. The van der Waals surface area contributed by atoms with Crippen molar-refractivity contribution in [2.45, 2.75) is 6.54 Å². The van der Waals surface area contributed by atoms with Crippen LogP contribution >= 0.6 is 11.6 Å². The van der Waals surface area contributed by atoms with Crippen LogP contribution in [0.3, 0.4) is 0 Å². The van der Waals surface area contributed by atoms with Gasteiger partial charge in [0.1, 0.15) is 0 Å². The summed E-state index contributed by atoms with van der Waals surface area (Å²) in [5, 5.41) is 10.7. The first-order valence-corrected chi connectivity index (χ1v) is 5.07. The molecule has 5 nitrogen and oxygen atoms in total. The molecule has 0 radical (unpaired) electrons.